The zero-order chi connectivity index (χ0) is 22.4. The molecule has 0 aromatic heterocycles. The molecule has 0 atom stereocenters. The Morgan fingerprint density at radius 3 is 2.52 bits per heavy atom. The van der Waals surface area contributed by atoms with E-state index in [1.807, 2.05) is 0 Å². The second-order valence-corrected chi connectivity index (χ2v) is 9.62. The van der Waals surface area contributed by atoms with Gasteiger partial charge in [-0.05, 0) is 55.2 Å². The summed E-state index contributed by atoms with van der Waals surface area (Å²) in [6.07, 6.45) is 1.97. The minimum absolute atomic E-state index is 0.00542. The van der Waals surface area contributed by atoms with Gasteiger partial charge in [0.15, 0.2) is 11.6 Å². The third kappa shape index (κ3) is 6.73. The van der Waals surface area contributed by atoms with Crippen molar-refractivity contribution in [2.75, 3.05) is 23.6 Å². The highest BCUT2D eigenvalue weighted by Crippen LogP contribution is 2.17. The molecule has 168 valence electrons. The summed E-state index contributed by atoms with van der Waals surface area (Å²) in [5.41, 5.74) is 1.46. The van der Waals surface area contributed by atoms with Gasteiger partial charge < -0.3 is 5.32 Å². The molecule has 1 aliphatic heterocycles. The molecule has 1 heterocycles. The summed E-state index contributed by atoms with van der Waals surface area (Å²) < 4.78 is 52.8. The van der Waals surface area contributed by atoms with E-state index in [4.69, 9.17) is 0 Å². The summed E-state index contributed by atoms with van der Waals surface area (Å²) >= 11 is 0. The molecule has 1 fully saturated rings. The fourth-order valence-corrected chi connectivity index (χ4v) is 4.75. The number of piperidine rings is 1. The zero-order valence-corrected chi connectivity index (χ0v) is 18.2. The average Bonchev–Trinajstić information content (AvgIpc) is 2.72. The van der Waals surface area contributed by atoms with Crippen molar-refractivity contribution in [3.63, 3.8) is 0 Å². The highest BCUT2D eigenvalue weighted by molar-refractivity contribution is 7.92. The van der Waals surface area contributed by atoms with Gasteiger partial charge in [-0.3, -0.25) is 14.4 Å². The summed E-state index contributed by atoms with van der Waals surface area (Å²) in [5, 5.41) is 3.00. The number of halogens is 2. The lowest BCUT2D eigenvalue weighted by Crippen LogP contribution is -2.44. The van der Waals surface area contributed by atoms with Crippen LogP contribution < -0.4 is 10.0 Å². The van der Waals surface area contributed by atoms with E-state index in [-0.39, 0.29) is 17.7 Å². The van der Waals surface area contributed by atoms with Crippen LogP contribution in [0.1, 0.15) is 42.1 Å². The number of nitrogens with one attached hydrogen (secondary N) is 2. The normalized spacial score (nSPS) is 15.6. The van der Waals surface area contributed by atoms with Gasteiger partial charge in [0.05, 0.1) is 5.75 Å². The predicted octanol–water partition coefficient (Wildman–Crippen LogP) is 3.51. The first kappa shape index (κ1) is 23.1. The second-order valence-electron chi connectivity index (χ2n) is 7.77. The molecule has 2 aromatic carbocycles. The number of anilines is 1. The Balaban J connectivity index is 1.51. The second kappa shape index (κ2) is 10.2. The Hall–Kier alpha value is -2.52. The third-order valence-electron chi connectivity index (χ3n) is 5.18. The van der Waals surface area contributed by atoms with Crippen LogP contribution in [0.15, 0.2) is 42.5 Å². The largest absolute Gasteiger partial charge is 0.349 e. The van der Waals surface area contributed by atoms with Gasteiger partial charge in [0.2, 0.25) is 10.0 Å². The monoisotopic (exact) mass is 451 g/mol. The molecule has 1 aliphatic rings. The molecule has 0 aliphatic carbocycles. The third-order valence-corrected chi connectivity index (χ3v) is 6.68. The van der Waals surface area contributed by atoms with Crippen LogP contribution in [-0.2, 0) is 16.6 Å². The number of carbonyl (C=O) groups is 1. The zero-order valence-electron chi connectivity index (χ0n) is 17.4. The van der Waals surface area contributed by atoms with E-state index in [0.717, 1.165) is 32.0 Å². The molecule has 2 N–H and O–H groups in total. The maximum Gasteiger partial charge on any atom is 0.251 e. The minimum Gasteiger partial charge on any atom is -0.349 e. The van der Waals surface area contributed by atoms with Gasteiger partial charge in [0.1, 0.15) is 0 Å². The first-order chi connectivity index (χ1) is 14.8. The van der Waals surface area contributed by atoms with Crippen molar-refractivity contribution < 1.29 is 22.0 Å². The van der Waals surface area contributed by atoms with Gasteiger partial charge in [-0.2, -0.15) is 0 Å². The van der Waals surface area contributed by atoms with Crippen molar-refractivity contribution in [3.8, 4) is 0 Å². The smallest absolute Gasteiger partial charge is 0.251 e. The summed E-state index contributed by atoms with van der Waals surface area (Å²) in [7, 11) is -3.42. The average molecular weight is 452 g/mol. The number of amides is 1. The van der Waals surface area contributed by atoms with Crippen LogP contribution in [0.5, 0.6) is 0 Å². The Morgan fingerprint density at radius 1 is 1.10 bits per heavy atom. The molecule has 3 rings (SSSR count). The molecular formula is C22H27F2N3O3S. The lowest BCUT2D eigenvalue weighted by Gasteiger charge is -2.32. The van der Waals surface area contributed by atoms with Crippen LogP contribution in [-0.4, -0.2) is 44.1 Å². The van der Waals surface area contributed by atoms with Gasteiger partial charge in [0.25, 0.3) is 5.91 Å². The van der Waals surface area contributed by atoms with Crippen LogP contribution >= 0.6 is 0 Å². The van der Waals surface area contributed by atoms with Gasteiger partial charge in [0, 0.05) is 36.9 Å². The number of carbonyl (C=O) groups excluding carboxylic acids is 1. The summed E-state index contributed by atoms with van der Waals surface area (Å²) in [5.74, 6) is -1.94. The molecule has 6 nitrogen and oxygen atoms in total. The van der Waals surface area contributed by atoms with Crippen molar-refractivity contribution in [1.29, 1.82) is 0 Å². The summed E-state index contributed by atoms with van der Waals surface area (Å²) in [6.45, 7) is 3.76. The Kier molecular flexibility index (Phi) is 7.61. The van der Waals surface area contributed by atoms with E-state index in [0.29, 0.717) is 29.8 Å². The Morgan fingerprint density at radius 2 is 1.84 bits per heavy atom. The minimum atomic E-state index is -3.42. The van der Waals surface area contributed by atoms with Gasteiger partial charge in [-0.1, -0.05) is 19.1 Å². The van der Waals surface area contributed by atoms with Crippen LogP contribution in [0.25, 0.3) is 0 Å². The van der Waals surface area contributed by atoms with E-state index in [2.05, 4.69) is 14.9 Å². The number of rotatable bonds is 8. The van der Waals surface area contributed by atoms with Crippen molar-refractivity contribution in [3.05, 3.63) is 65.2 Å². The Labute approximate surface area is 181 Å². The number of benzene rings is 2. The molecule has 2 aromatic rings. The first-order valence-electron chi connectivity index (χ1n) is 10.3. The molecule has 0 spiro atoms. The predicted molar refractivity (Wildman–Crippen MR) is 116 cm³/mol. The molecule has 1 amide bonds. The number of likely N-dealkylation sites (tertiary alicyclic amines) is 1. The lowest BCUT2D eigenvalue weighted by molar-refractivity contribution is 0.0909. The highest BCUT2D eigenvalue weighted by Gasteiger charge is 2.22. The molecule has 0 unspecified atom stereocenters. The van der Waals surface area contributed by atoms with E-state index < -0.39 is 21.7 Å². The molecule has 1 saturated heterocycles. The highest BCUT2D eigenvalue weighted by atomic mass is 32.2. The van der Waals surface area contributed by atoms with Crippen LogP contribution in [0.4, 0.5) is 14.5 Å². The first-order valence-corrected chi connectivity index (χ1v) is 12.0. The van der Waals surface area contributed by atoms with E-state index >= 15 is 0 Å². The van der Waals surface area contributed by atoms with Crippen LogP contribution in [0, 0.1) is 11.6 Å². The van der Waals surface area contributed by atoms with Crippen molar-refractivity contribution in [1.82, 2.24) is 10.2 Å². The van der Waals surface area contributed by atoms with Crippen LogP contribution in [0.3, 0.4) is 0 Å². The quantitative estimate of drug-likeness (QED) is 0.644. The van der Waals surface area contributed by atoms with E-state index in [9.17, 15) is 22.0 Å². The molecular weight excluding hydrogens is 424 g/mol. The molecule has 31 heavy (non-hydrogen) atoms. The maximum atomic E-state index is 13.4. The maximum absolute atomic E-state index is 13.4. The van der Waals surface area contributed by atoms with Crippen molar-refractivity contribution in [2.45, 2.75) is 38.8 Å². The topological polar surface area (TPSA) is 78.5 Å². The van der Waals surface area contributed by atoms with Gasteiger partial charge in [-0.25, -0.2) is 17.2 Å². The number of hydrogen-bond donors (Lipinski definition) is 2. The van der Waals surface area contributed by atoms with Crippen molar-refractivity contribution >= 4 is 21.6 Å². The standard InChI is InChI=1S/C22H27F2N3O3S/c1-2-12-31(29,30)26-19-5-3-4-17(14-19)22(28)25-18-8-10-27(11-9-18)15-16-6-7-20(23)21(24)13-16/h3-7,13-14,18,26H,2,8-12,15H2,1H3,(H,25,28). The molecule has 0 bridgehead atoms. The molecule has 0 radical (unpaired) electrons. The number of hydrogen-bond acceptors (Lipinski definition) is 4. The van der Waals surface area contributed by atoms with Gasteiger partial charge >= 0.3 is 0 Å². The fourth-order valence-electron chi connectivity index (χ4n) is 3.62. The summed E-state index contributed by atoms with van der Waals surface area (Å²) in [6, 6.07) is 10.3. The SMILES string of the molecule is CCCS(=O)(=O)Nc1cccc(C(=O)NC2CCN(Cc3ccc(F)c(F)c3)CC2)c1. The lowest BCUT2D eigenvalue weighted by atomic mass is 10.0. The molecule has 0 saturated carbocycles. The Bertz CT molecular complexity index is 1020. The molecule has 9 heteroatoms. The van der Waals surface area contributed by atoms with E-state index in [1.165, 1.54) is 12.1 Å². The van der Waals surface area contributed by atoms with E-state index in [1.54, 1.807) is 31.2 Å². The number of nitrogens with zero attached hydrogens (tertiary/aromatic N) is 1. The fraction of sp³-hybridized carbons (Fsp3) is 0.409. The summed E-state index contributed by atoms with van der Waals surface area (Å²) in [4.78, 5) is 14.8. The van der Waals surface area contributed by atoms with Gasteiger partial charge in [-0.15, -0.1) is 0 Å². The number of sulfonamides is 1. The van der Waals surface area contributed by atoms with Crippen molar-refractivity contribution in [2.24, 2.45) is 0 Å². The van der Waals surface area contributed by atoms with Crippen LogP contribution in [0.2, 0.25) is 0 Å².